The molecular formula is C29H18ClFN4O2. The number of hydrogen-bond acceptors (Lipinski definition) is 3. The van der Waals surface area contributed by atoms with Crippen LogP contribution in [0, 0.1) is 29.8 Å². The van der Waals surface area contributed by atoms with E-state index in [-0.39, 0.29) is 16.9 Å². The van der Waals surface area contributed by atoms with Crippen LogP contribution in [0.15, 0.2) is 60.7 Å². The smallest absolute Gasteiger partial charge is 0.328 e. The average molecular weight is 509 g/mol. The topological polar surface area (TPSA) is 94.1 Å². The molecule has 0 saturated heterocycles. The molecule has 0 aliphatic heterocycles. The van der Waals surface area contributed by atoms with E-state index in [1.807, 2.05) is 18.2 Å². The number of allylic oxidation sites excluding steroid dienone is 1. The minimum atomic E-state index is -1.05. The molecule has 3 aromatic carbocycles. The number of carboxylic acids is 1. The predicted octanol–water partition coefficient (Wildman–Crippen LogP) is 7.24. The number of hydrogen-bond donors (Lipinski definition) is 2. The molecule has 0 bridgehead atoms. The summed E-state index contributed by atoms with van der Waals surface area (Å²) in [5, 5.41) is 25.9. The van der Waals surface area contributed by atoms with E-state index in [0.717, 1.165) is 30.1 Å². The molecule has 4 aromatic rings. The average Bonchev–Trinajstić information content (AvgIpc) is 3.67. The molecule has 180 valence electrons. The lowest BCUT2D eigenvalue weighted by Crippen LogP contribution is -2.01. The first-order valence-electron chi connectivity index (χ1n) is 11.4. The zero-order valence-corrected chi connectivity index (χ0v) is 20.1. The van der Waals surface area contributed by atoms with Crippen LogP contribution in [0.2, 0.25) is 5.02 Å². The third-order valence-corrected chi connectivity index (χ3v) is 6.54. The summed E-state index contributed by atoms with van der Waals surface area (Å²) < 4.78 is 14.7. The Labute approximate surface area is 216 Å². The number of H-pyrrole nitrogens is 1. The van der Waals surface area contributed by atoms with Crippen LogP contribution in [0.1, 0.15) is 40.7 Å². The van der Waals surface area contributed by atoms with E-state index in [2.05, 4.69) is 21.1 Å². The third kappa shape index (κ3) is 4.61. The van der Waals surface area contributed by atoms with Crippen LogP contribution in [0.3, 0.4) is 0 Å². The second-order valence-corrected chi connectivity index (χ2v) is 9.10. The first kappa shape index (κ1) is 24.0. The Morgan fingerprint density at radius 3 is 2.57 bits per heavy atom. The van der Waals surface area contributed by atoms with E-state index in [4.69, 9.17) is 23.3 Å². The molecule has 0 unspecified atom stereocenters. The van der Waals surface area contributed by atoms with Gasteiger partial charge in [0.2, 0.25) is 5.95 Å². The van der Waals surface area contributed by atoms with E-state index >= 15 is 0 Å². The lowest BCUT2D eigenvalue weighted by molar-refractivity contribution is -0.131. The van der Waals surface area contributed by atoms with Crippen LogP contribution >= 0.6 is 11.6 Å². The summed E-state index contributed by atoms with van der Waals surface area (Å²) in [6.07, 6.45) is 4.35. The van der Waals surface area contributed by atoms with Gasteiger partial charge in [0.1, 0.15) is 6.07 Å². The van der Waals surface area contributed by atoms with Crippen molar-refractivity contribution in [2.45, 2.75) is 12.8 Å². The molecule has 0 amide bonds. The summed E-state index contributed by atoms with van der Waals surface area (Å²) in [6, 6.07) is 18.0. The van der Waals surface area contributed by atoms with Crippen molar-refractivity contribution >= 4 is 51.4 Å². The zero-order valence-electron chi connectivity index (χ0n) is 19.3. The number of aliphatic carboxylic acids is 1. The molecule has 1 saturated carbocycles. The fraction of sp³-hybridized carbons (Fsp3) is 0.103. The Bertz CT molecular complexity index is 1700. The number of nitrogens with one attached hydrogen (secondary N) is 1. The van der Waals surface area contributed by atoms with Gasteiger partial charge < -0.3 is 5.11 Å². The number of nitriles is 1. The second-order valence-electron chi connectivity index (χ2n) is 8.66. The number of halogens is 2. The van der Waals surface area contributed by atoms with Gasteiger partial charge in [-0.25, -0.2) is 9.64 Å². The van der Waals surface area contributed by atoms with E-state index in [0.29, 0.717) is 38.5 Å². The lowest BCUT2D eigenvalue weighted by Gasteiger charge is -2.20. The third-order valence-electron chi connectivity index (χ3n) is 6.30. The molecule has 2 N–H and O–H groups in total. The molecule has 6 nitrogen and oxygen atoms in total. The lowest BCUT2D eigenvalue weighted by atomic mass is 9.84. The van der Waals surface area contributed by atoms with E-state index < -0.39 is 11.9 Å². The van der Waals surface area contributed by atoms with Crippen molar-refractivity contribution in [3.63, 3.8) is 0 Å². The first-order chi connectivity index (χ1) is 17.9. The molecule has 1 aliphatic carbocycles. The molecule has 1 fully saturated rings. The molecule has 8 heteroatoms. The Balaban J connectivity index is 1.85. The molecule has 5 rings (SSSR count). The largest absolute Gasteiger partial charge is 0.478 e. The molecule has 1 aromatic heterocycles. The number of aromatic nitrogens is 2. The second kappa shape index (κ2) is 9.73. The summed E-state index contributed by atoms with van der Waals surface area (Å²) in [7, 11) is 0. The van der Waals surface area contributed by atoms with Gasteiger partial charge in [-0.05, 0) is 70.9 Å². The number of nitrogens with zero attached hydrogens (tertiary/aromatic N) is 3. The highest BCUT2D eigenvalue weighted by molar-refractivity contribution is 6.31. The van der Waals surface area contributed by atoms with Crippen LogP contribution < -0.4 is 0 Å². The first-order valence-corrected chi connectivity index (χ1v) is 11.8. The van der Waals surface area contributed by atoms with E-state index in [1.165, 1.54) is 6.08 Å². The predicted molar refractivity (Wildman–Crippen MR) is 140 cm³/mol. The van der Waals surface area contributed by atoms with Crippen LogP contribution in [-0.2, 0) is 4.79 Å². The summed E-state index contributed by atoms with van der Waals surface area (Å²) >= 11 is 6.19. The van der Waals surface area contributed by atoms with Gasteiger partial charge in [-0.2, -0.15) is 14.8 Å². The molecule has 1 heterocycles. The minimum Gasteiger partial charge on any atom is -0.478 e. The Kier molecular flexibility index (Phi) is 6.31. The van der Waals surface area contributed by atoms with Crippen molar-refractivity contribution in [2.75, 3.05) is 0 Å². The van der Waals surface area contributed by atoms with Crippen molar-refractivity contribution in [3.05, 3.63) is 111 Å². The van der Waals surface area contributed by atoms with Gasteiger partial charge in [0.15, 0.2) is 5.69 Å². The Hall–Kier alpha value is -4.72. The fourth-order valence-corrected chi connectivity index (χ4v) is 4.70. The van der Waals surface area contributed by atoms with E-state index in [1.54, 1.807) is 36.4 Å². The highest BCUT2D eigenvalue weighted by atomic mass is 35.5. The van der Waals surface area contributed by atoms with Crippen molar-refractivity contribution in [1.82, 2.24) is 10.2 Å². The van der Waals surface area contributed by atoms with Crippen molar-refractivity contribution < 1.29 is 14.3 Å². The fourth-order valence-electron chi connectivity index (χ4n) is 4.54. The van der Waals surface area contributed by atoms with Gasteiger partial charge in [-0.3, -0.25) is 5.10 Å². The Morgan fingerprint density at radius 1 is 1.19 bits per heavy atom. The Morgan fingerprint density at radius 2 is 1.92 bits per heavy atom. The highest BCUT2D eigenvalue weighted by Crippen LogP contribution is 2.50. The quantitative estimate of drug-likeness (QED) is 0.163. The number of fused-ring (bicyclic) bond motifs is 1. The van der Waals surface area contributed by atoms with Crippen LogP contribution in [0.5, 0.6) is 0 Å². The minimum absolute atomic E-state index is 0.107. The summed E-state index contributed by atoms with van der Waals surface area (Å²) in [6.45, 7) is 7.76. The standard InChI is InChI=1S/C29H18ClFN4O2/c1-33-24-14-19(30)9-10-21(24)27(18-7-8-18)26(17-5-2-16(3-6-17)4-13-25(36)37)20-11-12-23-28(22(20)15-32)29(31)35-34-23/h2-6,9-14,18H,7-8H2,(H,34,35)(H,36,37)/b13-4+,27-26+. The van der Waals surface area contributed by atoms with Crippen LogP contribution in [0.4, 0.5) is 10.1 Å². The van der Waals surface area contributed by atoms with E-state index in [9.17, 15) is 14.4 Å². The summed E-state index contributed by atoms with van der Waals surface area (Å²) in [5.74, 6) is -1.60. The van der Waals surface area contributed by atoms with Gasteiger partial charge in [-0.1, -0.05) is 48.0 Å². The SMILES string of the molecule is [C-]#[N+]c1cc(Cl)ccc1/C(=C(\c1ccc(/C=C/C(=O)O)cc1)c1ccc2n[nH]c(F)c2c1C#N)C1CC1. The summed E-state index contributed by atoms with van der Waals surface area (Å²) in [5.41, 5.74) is 5.14. The highest BCUT2D eigenvalue weighted by Gasteiger charge is 2.33. The van der Waals surface area contributed by atoms with Gasteiger partial charge in [0, 0.05) is 16.7 Å². The number of rotatable bonds is 6. The maximum Gasteiger partial charge on any atom is 0.328 e. The zero-order chi connectivity index (χ0) is 26.1. The number of carbonyl (C=O) groups is 1. The normalized spacial score (nSPS) is 13.8. The molecular weight excluding hydrogens is 491 g/mol. The maximum absolute atomic E-state index is 14.7. The monoisotopic (exact) mass is 508 g/mol. The number of benzene rings is 3. The van der Waals surface area contributed by atoms with Gasteiger partial charge in [-0.15, -0.1) is 0 Å². The molecule has 37 heavy (non-hydrogen) atoms. The van der Waals surface area contributed by atoms with Gasteiger partial charge in [0.25, 0.3) is 0 Å². The molecule has 0 atom stereocenters. The van der Waals surface area contributed by atoms with Crippen molar-refractivity contribution in [2.24, 2.45) is 5.92 Å². The summed E-state index contributed by atoms with van der Waals surface area (Å²) in [4.78, 5) is 14.6. The van der Waals surface area contributed by atoms with Crippen molar-refractivity contribution in [3.8, 4) is 6.07 Å². The van der Waals surface area contributed by atoms with Crippen molar-refractivity contribution in [1.29, 1.82) is 5.26 Å². The van der Waals surface area contributed by atoms with Gasteiger partial charge >= 0.3 is 5.97 Å². The van der Waals surface area contributed by atoms with Crippen LogP contribution in [0.25, 0.3) is 33.0 Å². The number of carboxylic acid groups (broad SMARTS) is 1. The molecule has 1 aliphatic rings. The molecule has 0 radical (unpaired) electrons. The van der Waals surface area contributed by atoms with Crippen LogP contribution in [-0.4, -0.2) is 21.3 Å². The van der Waals surface area contributed by atoms with Gasteiger partial charge in [0.05, 0.1) is 23.0 Å². The number of aromatic amines is 1. The maximum atomic E-state index is 14.7. The molecule has 0 spiro atoms.